The van der Waals surface area contributed by atoms with E-state index in [0.717, 1.165) is 50.0 Å². The zero-order valence-electron chi connectivity index (χ0n) is 10.5. The summed E-state index contributed by atoms with van der Waals surface area (Å²) < 4.78 is 5.25. The van der Waals surface area contributed by atoms with E-state index in [9.17, 15) is 9.90 Å². The smallest absolute Gasteiger partial charge is 0.315 e. The Bertz CT molecular complexity index is 278. The Labute approximate surface area is 107 Å². The van der Waals surface area contributed by atoms with Crippen LogP contribution in [0.5, 0.6) is 0 Å². The molecule has 2 rings (SSSR count). The Kier molecular flexibility index (Phi) is 4.03. The molecule has 1 unspecified atom stereocenters. The molecule has 0 bridgehead atoms. The van der Waals surface area contributed by atoms with Crippen LogP contribution in [0.3, 0.4) is 0 Å². The van der Waals surface area contributed by atoms with E-state index >= 15 is 0 Å². The summed E-state index contributed by atoms with van der Waals surface area (Å²) >= 11 is 1.78. The third-order valence-corrected chi connectivity index (χ3v) is 5.50. The van der Waals surface area contributed by atoms with E-state index in [2.05, 4.69) is 0 Å². The number of rotatable bonds is 3. The molecule has 0 spiro atoms. The summed E-state index contributed by atoms with van der Waals surface area (Å²) in [5.41, 5.74) is -1.45. The van der Waals surface area contributed by atoms with Crippen molar-refractivity contribution >= 4 is 17.7 Å². The zero-order chi connectivity index (χ0) is 12.4. The first-order valence-electron chi connectivity index (χ1n) is 6.62. The second kappa shape index (κ2) is 5.19. The Morgan fingerprint density at radius 2 is 2.00 bits per heavy atom. The van der Waals surface area contributed by atoms with E-state index in [0.29, 0.717) is 6.61 Å². The molecule has 4 heteroatoms. The monoisotopic (exact) mass is 258 g/mol. The average Bonchev–Trinajstić information content (AvgIpc) is 2.79. The van der Waals surface area contributed by atoms with Gasteiger partial charge in [0.05, 0.1) is 12.2 Å². The molecule has 0 radical (unpaired) electrons. The van der Waals surface area contributed by atoms with E-state index in [1.54, 1.807) is 11.8 Å². The van der Waals surface area contributed by atoms with Crippen LogP contribution in [-0.2, 0) is 9.53 Å². The number of ether oxygens (including phenoxy) is 1. The number of esters is 1. The Balaban J connectivity index is 2.25. The van der Waals surface area contributed by atoms with Gasteiger partial charge >= 0.3 is 5.97 Å². The van der Waals surface area contributed by atoms with Gasteiger partial charge < -0.3 is 9.84 Å². The van der Waals surface area contributed by atoms with E-state index in [1.807, 2.05) is 6.92 Å². The number of thioether (sulfide) groups is 1. The average molecular weight is 258 g/mol. The highest BCUT2D eigenvalue weighted by molar-refractivity contribution is 7.99. The van der Waals surface area contributed by atoms with Gasteiger partial charge in [-0.3, -0.25) is 4.79 Å². The van der Waals surface area contributed by atoms with Crippen LogP contribution in [-0.4, -0.2) is 34.8 Å². The normalized spacial score (nSPS) is 32.4. The zero-order valence-corrected chi connectivity index (χ0v) is 11.4. The van der Waals surface area contributed by atoms with Crippen molar-refractivity contribution in [2.24, 2.45) is 5.41 Å². The number of carbonyl (C=O) groups excluding carboxylic acids is 1. The highest BCUT2D eigenvalue weighted by Crippen LogP contribution is 2.51. The van der Waals surface area contributed by atoms with Crippen LogP contribution in [0.4, 0.5) is 0 Å². The molecular weight excluding hydrogens is 236 g/mol. The molecule has 2 fully saturated rings. The van der Waals surface area contributed by atoms with Gasteiger partial charge in [-0.25, -0.2) is 0 Å². The molecule has 1 heterocycles. The van der Waals surface area contributed by atoms with Gasteiger partial charge in [-0.2, -0.15) is 11.8 Å². The van der Waals surface area contributed by atoms with Gasteiger partial charge in [0.2, 0.25) is 0 Å². The molecule has 1 N–H and O–H groups in total. The second-order valence-electron chi connectivity index (χ2n) is 5.20. The van der Waals surface area contributed by atoms with Crippen LogP contribution < -0.4 is 0 Å². The maximum absolute atomic E-state index is 12.3. The predicted molar refractivity (Wildman–Crippen MR) is 69.0 cm³/mol. The minimum Gasteiger partial charge on any atom is -0.465 e. The van der Waals surface area contributed by atoms with Crippen molar-refractivity contribution in [1.82, 2.24) is 0 Å². The molecule has 0 aromatic carbocycles. The Morgan fingerprint density at radius 3 is 2.53 bits per heavy atom. The fourth-order valence-corrected chi connectivity index (χ4v) is 4.59. The molecule has 1 saturated carbocycles. The fourth-order valence-electron chi connectivity index (χ4n) is 3.22. The predicted octanol–water partition coefficient (Wildman–Crippen LogP) is 2.37. The highest BCUT2D eigenvalue weighted by atomic mass is 32.2. The summed E-state index contributed by atoms with van der Waals surface area (Å²) in [6, 6.07) is 0. The van der Waals surface area contributed by atoms with E-state index in [1.165, 1.54) is 0 Å². The molecule has 3 nitrogen and oxygen atoms in total. The highest BCUT2D eigenvalue weighted by Gasteiger charge is 2.57. The molecular formula is C13H22O3S. The summed E-state index contributed by atoms with van der Waals surface area (Å²) in [5.74, 6) is 1.65. The maximum Gasteiger partial charge on any atom is 0.315 e. The van der Waals surface area contributed by atoms with Crippen LogP contribution in [0.1, 0.15) is 45.4 Å². The number of aliphatic hydroxyl groups is 1. The van der Waals surface area contributed by atoms with Gasteiger partial charge in [0.1, 0.15) is 5.41 Å². The minimum atomic E-state index is -0.813. The molecule has 1 aliphatic carbocycles. The van der Waals surface area contributed by atoms with E-state index < -0.39 is 11.0 Å². The first kappa shape index (κ1) is 13.2. The van der Waals surface area contributed by atoms with Gasteiger partial charge in [-0.15, -0.1) is 0 Å². The van der Waals surface area contributed by atoms with Crippen LogP contribution in [0.2, 0.25) is 0 Å². The summed E-state index contributed by atoms with van der Waals surface area (Å²) in [6.07, 6.45) is 5.37. The largest absolute Gasteiger partial charge is 0.465 e. The quantitative estimate of drug-likeness (QED) is 0.789. The van der Waals surface area contributed by atoms with Crippen LogP contribution in [0.15, 0.2) is 0 Å². The molecule has 0 aromatic rings. The van der Waals surface area contributed by atoms with Gasteiger partial charge in [-0.05, 0) is 38.4 Å². The van der Waals surface area contributed by atoms with Gasteiger partial charge in [0, 0.05) is 5.75 Å². The lowest BCUT2D eigenvalue weighted by Gasteiger charge is -2.45. The van der Waals surface area contributed by atoms with Crippen LogP contribution >= 0.6 is 11.8 Å². The molecule has 0 aromatic heterocycles. The van der Waals surface area contributed by atoms with Crippen LogP contribution in [0, 0.1) is 5.41 Å². The number of hydrogen-bond acceptors (Lipinski definition) is 4. The van der Waals surface area contributed by atoms with Crippen molar-refractivity contribution in [2.75, 3.05) is 18.1 Å². The summed E-state index contributed by atoms with van der Waals surface area (Å²) in [6.45, 7) is 2.24. The Hall–Kier alpha value is -0.220. The number of carbonyl (C=O) groups is 1. The van der Waals surface area contributed by atoms with Gasteiger partial charge in [-0.1, -0.05) is 12.8 Å². The fraction of sp³-hybridized carbons (Fsp3) is 0.923. The van der Waals surface area contributed by atoms with Crippen molar-refractivity contribution in [3.63, 3.8) is 0 Å². The summed E-state index contributed by atoms with van der Waals surface area (Å²) in [7, 11) is 0. The summed E-state index contributed by atoms with van der Waals surface area (Å²) in [4.78, 5) is 12.3. The van der Waals surface area contributed by atoms with Gasteiger partial charge in [0.15, 0.2) is 0 Å². The second-order valence-corrected chi connectivity index (χ2v) is 6.30. The third-order valence-electron chi connectivity index (χ3n) is 4.23. The lowest BCUT2D eigenvalue weighted by molar-refractivity contribution is -0.173. The van der Waals surface area contributed by atoms with E-state index in [-0.39, 0.29) is 5.97 Å². The first-order chi connectivity index (χ1) is 8.15. The van der Waals surface area contributed by atoms with Crippen molar-refractivity contribution in [2.45, 2.75) is 51.0 Å². The van der Waals surface area contributed by atoms with Crippen molar-refractivity contribution in [1.29, 1.82) is 0 Å². The molecule has 0 amide bonds. The SMILES string of the molecule is CCOC(=O)C1(C2(O)CCCC2)CCCSC1. The van der Waals surface area contributed by atoms with Crippen molar-refractivity contribution in [3.05, 3.63) is 0 Å². The topological polar surface area (TPSA) is 46.5 Å². The summed E-state index contributed by atoms with van der Waals surface area (Å²) in [5, 5.41) is 10.8. The lowest BCUT2D eigenvalue weighted by atomic mass is 9.69. The molecule has 2 aliphatic rings. The third kappa shape index (κ3) is 2.22. The van der Waals surface area contributed by atoms with Crippen molar-refractivity contribution in [3.8, 4) is 0 Å². The molecule has 1 saturated heterocycles. The maximum atomic E-state index is 12.3. The molecule has 1 atom stereocenters. The minimum absolute atomic E-state index is 0.170. The van der Waals surface area contributed by atoms with Crippen LogP contribution in [0.25, 0.3) is 0 Å². The van der Waals surface area contributed by atoms with Crippen molar-refractivity contribution < 1.29 is 14.6 Å². The first-order valence-corrected chi connectivity index (χ1v) is 7.77. The standard InChI is InChI=1S/C13H22O3S/c1-2-16-11(14)12(6-5-9-17-10-12)13(15)7-3-4-8-13/h15H,2-10H2,1H3. The van der Waals surface area contributed by atoms with E-state index in [4.69, 9.17) is 4.74 Å². The Morgan fingerprint density at radius 1 is 1.29 bits per heavy atom. The molecule has 1 aliphatic heterocycles. The lowest BCUT2D eigenvalue weighted by Crippen LogP contribution is -2.55. The van der Waals surface area contributed by atoms with Gasteiger partial charge in [0.25, 0.3) is 0 Å². The molecule has 17 heavy (non-hydrogen) atoms. The molecule has 98 valence electrons. The number of hydrogen-bond donors (Lipinski definition) is 1.